The third-order valence-corrected chi connectivity index (χ3v) is 2.12. The van der Waals surface area contributed by atoms with Gasteiger partial charge in [-0.2, -0.15) is 0 Å². The van der Waals surface area contributed by atoms with Crippen LogP contribution in [-0.2, 0) is 9.59 Å². The molecular formula is C12H14O5. The Bertz CT molecular complexity index is 388. The molecule has 0 amide bonds. The van der Waals surface area contributed by atoms with E-state index in [0.29, 0.717) is 17.8 Å². The molecule has 0 aliphatic rings. The Labute approximate surface area is 99.0 Å². The number of rotatable bonds is 7. The Morgan fingerprint density at radius 2 is 2.18 bits per heavy atom. The number of aliphatic carboxylic acids is 1. The van der Waals surface area contributed by atoms with Crippen LogP contribution in [0.15, 0.2) is 24.3 Å². The first kappa shape index (κ1) is 13.0. The van der Waals surface area contributed by atoms with Crippen LogP contribution in [-0.4, -0.2) is 30.6 Å². The van der Waals surface area contributed by atoms with E-state index in [1.54, 1.807) is 24.3 Å². The highest BCUT2D eigenvalue weighted by molar-refractivity contribution is 5.68. The summed E-state index contributed by atoms with van der Waals surface area (Å²) in [5, 5.41) is 8.51. The molecule has 92 valence electrons. The van der Waals surface area contributed by atoms with Crippen molar-refractivity contribution in [2.75, 3.05) is 7.11 Å². The average Bonchev–Trinajstić information content (AvgIpc) is 2.34. The summed E-state index contributed by atoms with van der Waals surface area (Å²) in [6.07, 6.45) is -0.107. The lowest BCUT2D eigenvalue weighted by atomic mass is 10.2. The van der Waals surface area contributed by atoms with Gasteiger partial charge in [0, 0.05) is 18.9 Å². The number of carbonyl (C=O) groups is 2. The van der Waals surface area contributed by atoms with Crippen molar-refractivity contribution < 1.29 is 24.2 Å². The third kappa shape index (κ3) is 4.55. The van der Waals surface area contributed by atoms with Crippen molar-refractivity contribution in [3.8, 4) is 11.5 Å². The monoisotopic (exact) mass is 238 g/mol. The van der Waals surface area contributed by atoms with Crippen LogP contribution < -0.4 is 9.47 Å². The largest absolute Gasteiger partial charge is 0.497 e. The summed E-state index contributed by atoms with van der Waals surface area (Å²) in [6, 6.07) is 6.80. The van der Waals surface area contributed by atoms with E-state index in [0.717, 1.165) is 0 Å². The number of hydrogen-bond acceptors (Lipinski definition) is 4. The molecule has 0 aromatic heterocycles. The molecule has 1 unspecified atom stereocenters. The number of carboxylic acid groups (broad SMARTS) is 1. The van der Waals surface area contributed by atoms with Gasteiger partial charge in [-0.25, -0.2) is 0 Å². The van der Waals surface area contributed by atoms with Crippen LogP contribution in [0, 0.1) is 0 Å². The lowest BCUT2D eigenvalue weighted by Crippen LogP contribution is -2.19. The van der Waals surface area contributed by atoms with Gasteiger partial charge in [-0.3, -0.25) is 9.59 Å². The molecule has 1 N–H and O–H groups in total. The molecule has 0 saturated heterocycles. The smallest absolute Gasteiger partial charge is 0.303 e. The van der Waals surface area contributed by atoms with E-state index in [1.807, 2.05) is 0 Å². The second kappa shape index (κ2) is 6.52. The Balaban J connectivity index is 2.60. The van der Waals surface area contributed by atoms with Gasteiger partial charge in [0.15, 0.2) is 12.4 Å². The SMILES string of the molecule is COc1cccc(OC(C=O)CCC(=O)O)c1. The Morgan fingerprint density at radius 3 is 2.76 bits per heavy atom. The molecule has 0 aliphatic carbocycles. The van der Waals surface area contributed by atoms with Crippen molar-refractivity contribution in [2.45, 2.75) is 18.9 Å². The second-order valence-electron chi connectivity index (χ2n) is 3.40. The van der Waals surface area contributed by atoms with Crippen LogP contribution in [0.2, 0.25) is 0 Å². The molecule has 0 fully saturated rings. The second-order valence-corrected chi connectivity index (χ2v) is 3.40. The topological polar surface area (TPSA) is 72.8 Å². The first-order valence-electron chi connectivity index (χ1n) is 5.13. The van der Waals surface area contributed by atoms with Gasteiger partial charge >= 0.3 is 5.97 Å². The minimum absolute atomic E-state index is 0.104. The van der Waals surface area contributed by atoms with Crippen molar-refractivity contribution in [2.24, 2.45) is 0 Å². The minimum Gasteiger partial charge on any atom is -0.497 e. The highest BCUT2D eigenvalue weighted by Gasteiger charge is 2.11. The van der Waals surface area contributed by atoms with Gasteiger partial charge < -0.3 is 14.6 Å². The summed E-state index contributed by atoms with van der Waals surface area (Å²) in [6.45, 7) is 0. The fraction of sp³-hybridized carbons (Fsp3) is 0.333. The molecule has 0 aliphatic heterocycles. The van der Waals surface area contributed by atoms with Gasteiger partial charge in [0.05, 0.1) is 7.11 Å². The van der Waals surface area contributed by atoms with Gasteiger partial charge in [0.2, 0.25) is 0 Å². The zero-order chi connectivity index (χ0) is 12.7. The highest BCUT2D eigenvalue weighted by atomic mass is 16.5. The number of methoxy groups -OCH3 is 1. The number of carbonyl (C=O) groups excluding carboxylic acids is 1. The van der Waals surface area contributed by atoms with Gasteiger partial charge in [-0.15, -0.1) is 0 Å². The maximum absolute atomic E-state index is 10.7. The summed E-state index contributed by atoms with van der Waals surface area (Å²) < 4.78 is 10.4. The zero-order valence-electron chi connectivity index (χ0n) is 9.46. The molecule has 1 aromatic carbocycles. The Morgan fingerprint density at radius 1 is 1.47 bits per heavy atom. The van der Waals surface area contributed by atoms with E-state index in [1.165, 1.54) is 7.11 Å². The molecule has 1 rings (SSSR count). The van der Waals surface area contributed by atoms with E-state index < -0.39 is 12.1 Å². The van der Waals surface area contributed by atoms with E-state index >= 15 is 0 Å². The molecule has 17 heavy (non-hydrogen) atoms. The van der Waals surface area contributed by atoms with Crippen LogP contribution in [0.4, 0.5) is 0 Å². The Hall–Kier alpha value is -2.04. The zero-order valence-corrected chi connectivity index (χ0v) is 9.46. The van der Waals surface area contributed by atoms with Crippen molar-refractivity contribution in [3.63, 3.8) is 0 Å². The van der Waals surface area contributed by atoms with Crippen LogP contribution >= 0.6 is 0 Å². The lowest BCUT2D eigenvalue weighted by molar-refractivity contribution is -0.137. The van der Waals surface area contributed by atoms with E-state index in [9.17, 15) is 9.59 Å². The molecule has 5 nitrogen and oxygen atoms in total. The predicted octanol–water partition coefficient (Wildman–Crippen LogP) is 1.51. The molecule has 0 bridgehead atoms. The molecule has 0 spiro atoms. The van der Waals surface area contributed by atoms with Gasteiger partial charge in [0.25, 0.3) is 0 Å². The molecule has 0 radical (unpaired) electrons. The van der Waals surface area contributed by atoms with Crippen LogP contribution in [0.1, 0.15) is 12.8 Å². The van der Waals surface area contributed by atoms with Crippen LogP contribution in [0.5, 0.6) is 11.5 Å². The van der Waals surface area contributed by atoms with Gasteiger partial charge in [-0.1, -0.05) is 6.07 Å². The average molecular weight is 238 g/mol. The molecule has 0 heterocycles. The summed E-state index contributed by atoms with van der Waals surface area (Å²) in [5.41, 5.74) is 0. The molecule has 1 aromatic rings. The van der Waals surface area contributed by atoms with Crippen LogP contribution in [0.25, 0.3) is 0 Å². The fourth-order valence-electron chi connectivity index (χ4n) is 1.27. The molecule has 1 atom stereocenters. The van der Waals surface area contributed by atoms with Gasteiger partial charge in [-0.05, 0) is 12.1 Å². The standard InChI is InChI=1S/C12H14O5/c1-16-9-3-2-4-10(7-9)17-11(8-13)5-6-12(14)15/h2-4,7-8,11H,5-6H2,1H3,(H,14,15). The van der Waals surface area contributed by atoms with Gasteiger partial charge in [0.1, 0.15) is 11.5 Å². The quantitative estimate of drug-likeness (QED) is 0.729. The Kier molecular flexibility index (Phi) is 5.00. The fourth-order valence-corrected chi connectivity index (χ4v) is 1.27. The summed E-state index contributed by atoms with van der Waals surface area (Å²) in [4.78, 5) is 21.1. The number of ether oxygens (including phenoxy) is 2. The number of benzene rings is 1. The molecular weight excluding hydrogens is 224 g/mol. The normalized spacial score (nSPS) is 11.6. The maximum atomic E-state index is 10.7. The number of hydrogen-bond donors (Lipinski definition) is 1. The summed E-state index contributed by atoms with van der Waals surface area (Å²) in [7, 11) is 1.53. The minimum atomic E-state index is -0.953. The van der Waals surface area contributed by atoms with Crippen molar-refractivity contribution >= 4 is 12.3 Å². The van der Waals surface area contributed by atoms with Crippen LogP contribution in [0.3, 0.4) is 0 Å². The van der Waals surface area contributed by atoms with Crippen molar-refractivity contribution in [1.29, 1.82) is 0 Å². The number of carboxylic acids is 1. The lowest BCUT2D eigenvalue weighted by Gasteiger charge is -2.13. The van der Waals surface area contributed by atoms with Crippen molar-refractivity contribution in [3.05, 3.63) is 24.3 Å². The van der Waals surface area contributed by atoms with E-state index in [4.69, 9.17) is 14.6 Å². The van der Waals surface area contributed by atoms with E-state index in [2.05, 4.69) is 0 Å². The molecule has 5 heteroatoms. The first-order chi connectivity index (χ1) is 8.15. The van der Waals surface area contributed by atoms with Crippen molar-refractivity contribution in [1.82, 2.24) is 0 Å². The highest BCUT2D eigenvalue weighted by Crippen LogP contribution is 2.20. The summed E-state index contributed by atoms with van der Waals surface area (Å²) in [5.74, 6) is 0.142. The summed E-state index contributed by atoms with van der Waals surface area (Å²) >= 11 is 0. The maximum Gasteiger partial charge on any atom is 0.303 e. The predicted molar refractivity (Wildman–Crippen MR) is 60.3 cm³/mol. The third-order valence-electron chi connectivity index (χ3n) is 2.12. The number of aldehydes is 1. The first-order valence-corrected chi connectivity index (χ1v) is 5.13. The van der Waals surface area contributed by atoms with E-state index in [-0.39, 0.29) is 12.8 Å². The molecule has 0 saturated carbocycles.